The highest BCUT2D eigenvalue weighted by Crippen LogP contribution is 2.52. The minimum Gasteiger partial charge on any atom is -0.454 e. The SMILES string of the molecule is Cc1cc(NC(=O)COC(=O)[C@H](C)N2C(=O)[C@H]3[C@H](C2=O)[C@H]2C=C[C@H]3C2)ccc1Br. The summed E-state index contributed by atoms with van der Waals surface area (Å²) in [5.74, 6) is -2.45. The molecule has 5 atom stereocenters. The maximum Gasteiger partial charge on any atom is 0.329 e. The Morgan fingerprint density at radius 1 is 1.21 bits per heavy atom. The van der Waals surface area contributed by atoms with Crippen LogP contribution in [0.2, 0.25) is 0 Å². The molecular formula is C21H21BrN2O5. The molecule has 1 saturated carbocycles. The van der Waals surface area contributed by atoms with Gasteiger partial charge in [0.15, 0.2) is 6.61 Å². The van der Waals surface area contributed by atoms with Crippen LogP contribution in [0.1, 0.15) is 18.9 Å². The maximum absolute atomic E-state index is 12.8. The molecule has 2 aliphatic carbocycles. The molecule has 1 heterocycles. The van der Waals surface area contributed by atoms with E-state index in [9.17, 15) is 19.2 Å². The summed E-state index contributed by atoms with van der Waals surface area (Å²) in [6.45, 7) is 2.86. The van der Waals surface area contributed by atoms with Gasteiger partial charge in [0.1, 0.15) is 6.04 Å². The van der Waals surface area contributed by atoms with E-state index in [2.05, 4.69) is 21.2 Å². The number of anilines is 1. The lowest BCUT2D eigenvalue weighted by Gasteiger charge is -2.23. The van der Waals surface area contributed by atoms with Crippen LogP contribution in [0, 0.1) is 30.6 Å². The molecule has 4 rings (SSSR count). The number of likely N-dealkylation sites (tertiary alicyclic amines) is 1. The summed E-state index contributed by atoms with van der Waals surface area (Å²) in [7, 11) is 0. The highest BCUT2D eigenvalue weighted by Gasteiger charge is 2.60. The van der Waals surface area contributed by atoms with Crippen molar-refractivity contribution in [1.29, 1.82) is 0 Å². The summed E-state index contributed by atoms with van der Waals surface area (Å²) in [6.07, 6.45) is 4.82. The molecule has 2 bridgehead atoms. The average molecular weight is 461 g/mol. The zero-order chi connectivity index (χ0) is 20.9. The van der Waals surface area contributed by atoms with Gasteiger partial charge in [-0.2, -0.15) is 0 Å². The van der Waals surface area contributed by atoms with Crippen molar-refractivity contribution in [2.24, 2.45) is 23.7 Å². The molecule has 1 aliphatic heterocycles. The number of hydrogen-bond donors (Lipinski definition) is 1. The molecule has 2 fully saturated rings. The Kier molecular flexibility index (Phi) is 5.06. The van der Waals surface area contributed by atoms with E-state index in [1.165, 1.54) is 6.92 Å². The number of ether oxygens (including phenoxy) is 1. The largest absolute Gasteiger partial charge is 0.454 e. The normalized spacial score (nSPS) is 27.9. The molecule has 1 aromatic rings. The number of amides is 3. The van der Waals surface area contributed by atoms with Gasteiger partial charge in [0.05, 0.1) is 11.8 Å². The van der Waals surface area contributed by atoms with Crippen molar-refractivity contribution in [2.75, 3.05) is 11.9 Å². The highest BCUT2D eigenvalue weighted by atomic mass is 79.9. The number of halogens is 1. The molecule has 3 amide bonds. The first-order valence-electron chi connectivity index (χ1n) is 9.56. The Balaban J connectivity index is 1.34. The number of allylic oxidation sites excluding steroid dienone is 2. The average Bonchev–Trinajstić information content (AvgIpc) is 3.36. The van der Waals surface area contributed by atoms with E-state index in [0.717, 1.165) is 21.4 Å². The topological polar surface area (TPSA) is 92.8 Å². The zero-order valence-electron chi connectivity index (χ0n) is 16.1. The number of carbonyl (C=O) groups excluding carboxylic acids is 4. The first-order valence-corrected chi connectivity index (χ1v) is 10.3. The fraction of sp³-hybridized carbons (Fsp3) is 0.429. The van der Waals surface area contributed by atoms with Crippen molar-refractivity contribution >= 4 is 45.3 Å². The van der Waals surface area contributed by atoms with E-state index in [-0.39, 0.29) is 35.5 Å². The number of benzene rings is 1. The summed E-state index contributed by atoms with van der Waals surface area (Å²) >= 11 is 3.39. The number of nitrogens with one attached hydrogen (secondary N) is 1. The van der Waals surface area contributed by atoms with Gasteiger partial charge in [0, 0.05) is 10.2 Å². The second-order valence-corrected chi connectivity index (χ2v) is 8.70. The van der Waals surface area contributed by atoms with Crippen LogP contribution in [-0.4, -0.2) is 41.2 Å². The van der Waals surface area contributed by atoms with Crippen LogP contribution in [0.15, 0.2) is 34.8 Å². The second-order valence-electron chi connectivity index (χ2n) is 7.84. The summed E-state index contributed by atoms with van der Waals surface area (Å²) in [5, 5.41) is 2.65. The quantitative estimate of drug-likeness (QED) is 0.413. The fourth-order valence-electron chi connectivity index (χ4n) is 4.59. The number of rotatable bonds is 5. The molecular weight excluding hydrogens is 440 g/mol. The summed E-state index contributed by atoms with van der Waals surface area (Å²) in [4.78, 5) is 51.0. The molecule has 3 aliphatic rings. The molecule has 8 heteroatoms. The third kappa shape index (κ3) is 3.39. The number of esters is 1. The monoisotopic (exact) mass is 460 g/mol. The van der Waals surface area contributed by atoms with Gasteiger partial charge in [0.25, 0.3) is 5.91 Å². The Labute approximate surface area is 176 Å². The Bertz CT molecular complexity index is 913. The van der Waals surface area contributed by atoms with Crippen molar-refractivity contribution in [3.8, 4) is 0 Å². The molecule has 0 aromatic heterocycles. The number of aryl methyl sites for hydroxylation is 1. The van der Waals surface area contributed by atoms with Gasteiger partial charge < -0.3 is 10.1 Å². The standard InChI is InChI=1S/C21H21BrN2O5/c1-10-7-14(5-6-15(10)22)23-16(25)9-29-21(28)11(2)24-19(26)17-12-3-4-13(8-12)18(17)20(24)27/h3-7,11-13,17-18H,8-9H2,1-2H3,(H,23,25)/t11-,12-,13-,17+,18+/m0/s1. The molecule has 152 valence electrons. The molecule has 0 spiro atoms. The first kappa shape index (κ1) is 19.8. The fourth-order valence-corrected chi connectivity index (χ4v) is 4.84. The van der Waals surface area contributed by atoms with Gasteiger partial charge >= 0.3 is 5.97 Å². The molecule has 1 N–H and O–H groups in total. The van der Waals surface area contributed by atoms with Gasteiger partial charge in [0.2, 0.25) is 11.8 Å². The summed E-state index contributed by atoms with van der Waals surface area (Å²) in [5.41, 5.74) is 1.54. The van der Waals surface area contributed by atoms with E-state index in [1.807, 2.05) is 25.1 Å². The Morgan fingerprint density at radius 3 is 2.41 bits per heavy atom. The minimum atomic E-state index is -1.05. The van der Waals surface area contributed by atoms with Crippen LogP contribution in [0.25, 0.3) is 0 Å². The van der Waals surface area contributed by atoms with Crippen LogP contribution in [0.4, 0.5) is 5.69 Å². The van der Waals surface area contributed by atoms with Gasteiger partial charge in [-0.3, -0.25) is 19.3 Å². The predicted molar refractivity (Wildman–Crippen MR) is 107 cm³/mol. The Hall–Kier alpha value is -2.48. The van der Waals surface area contributed by atoms with E-state index in [0.29, 0.717) is 5.69 Å². The van der Waals surface area contributed by atoms with E-state index < -0.39 is 24.5 Å². The van der Waals surface area contributed by atoms with Crippen LogP contribution < -0.4 is 5.32 Å². The van der Waals surface area contributed by atoms with Crippen LogP contribution in [0.5, 0.6) is 0 Å². The third-order valence-electron chi connectivity index (χ3n) is 6.02. The minimum absolute atomic E-state index is 0.0785. The highest BCUT2D eigenvalue weighted by molar-refractivity contribution is 9.10. The van der Waals surface area contributed by atoms with Gasteiger partial charge in [-0.1, -0.05) is 28.1 Å². The Morgan fingerprint density at radius 2 is 1.83 bits per heavy atom. The lowest BCUT2D eigenvalue weighted by molar-refractivity contribution is -0.159. The van der Waals surface area contributed by atoms with E-state index in [4.69, 9.17) is 4.74 Å². The van der Waals surface area contributed by atoms with Crippen LogP contribution in [0.3, 0.4) is 0 Å². The van der Waals surface area contributed by atoms with Crippen molar-refractivity contribution in [1.82, 2.24) is 4.90 Å². The van der Waals surface area contributed by atoms with Crippen LogP contribution >= 0.6 is 15.9 Å². The molecule has 0 unspecified atom stereocenters. The molecule has 7 nitrogen and oxygen atoms in total. The molecule has 0 radical (unpaired) electrons. The van der Waals surface area contributed by atoms with Gasteiger partial charge in [-0.05, 0) is 55.9 Å². The van der Waals surface area contributed by atoms with Gasteiger partial charge in [-0.25, -0.2) is 4.79 Å². The number of nitrogens with zero attached hydrogens (tertiary/aromatic N) is 1. The van der Waals surface area contributed by atoms with Crippen LogP contribution in [-0.2, 0) is 23.9 Å². The smallest absolute Gasteiger partial charge is 0.329 e. The first-order chi connectivity index (χ1) is 13.8. The second kappa shape index (κ2) is 7.40. The number of carbonyl (C=O) groups is 4. The van der Waals surface area contributed by atoms with Crippen molar-refractivity contribution in [3.05, 3.63) is 40.4 Å². The summed E-state index contributed by atoms with van der Waals surface area (Å²) < 4.78 is 5.99. The number of hydrogen-bond acceptors (Lipinski definition) is 5. The zero-order valence-corrected chi connectivity index (χ0v) is 17.6. The maximum atomic E-state index is 12.8. The predicted octanol–water partition coefficient (Wildman–Crippen LogP) is 2.43. The van der Waals surface area contributed by atoms with E-state index in [1.54, 1.807) is 12.1 Å². The van der Waals surface area contributed by atoms with Crippen molar-refractivity contribution < 1.29 is 23.9 Å². The lowest BCUT2D eigenvalue weighted by atomic mass is 9.85. The van der Waals surface area contributed by atoms with Gasteiger partial charge in [-0.15, -0.1) is 0 Å². The number of fused-ring (bicyclic) bond motifs is 5. The molecule has 29 heavy (non-hydrogen) atoms. The van der Waals surface area contributed by atoms with Crippen molar-refractivity contribution in [3.63, 3.8) is 0 Å². The molecule has 1 saturated heterocycles. The third-order valence-corrected chi connectivity index (χ3v) is 6.91. The molecule has 1 aromatic carbocycles. The van der Waals surface area contributed by atoms with E-state index >= 15 is 0 Å². The lowest BCUT2D eigenvalue weighted by Crippen LogP contribution is -2.45. The summed E-state index contributed by atoms with van der Waals surface area (Å²) in [6, 6.07) is 4.27. The number of imide groups is 1. The van der Waals surface area contributed by atoms with Crippen molar-refractivity contribution in [2.45, 2.75) is 26.3 Å².